The number of amides is 1. The molecule has 37 heavy (non-hydrogen) atoms. The molecule has 5 heteroatoms. The SMILES string of the molecule is CCc1cc(C)cc(CC)c1C1=C(O)CC(CCSc2ccccc2NC(=O)c2ccccc2)CC1=O. The molecule has 0 fully saturated rings. The van der Waals surface area contributed by atoms with Gasteiger partial charge in [-0.3, -0.25) is 9.59 Å². The maximum absolute atomic E-state index is 13.3. The smallest absolute Gasteiger partial charge is 0.255 e. The maximum atomic E-state index is 13.3. The first-order valence-corrected chi connectivity index (χ1v) is 14.1. The molecule has 0 saturated carbocycles. The van der Waals surface area contributed by atoms with Gasteiger partial charge in [-0.05, 0) is 78.8 Å². The van der Waals surface area contributed by atoms with Crippen LogP contribution in [-0.2, 0) is 17.6 Å². The van der Waals surface area contributed by atoms with E-state index in [1.807, 2.05) is 42.5 Å². The molecule has 1 aliphatic carbocycles. The van der Waals surface area contributed by atoms with E-state index in [0.29, 0.717) is 24.0 Å². The topological polar surface area (TPSA) is 66.4 Å². The second-order valence-electron chi connectivity index (χ2n) is 9.64. The molecule has 0 heterocycles. The molecule has 1 unspecified atom stereocenters. The summed E-state index contributed by atoms with van der Waals surface area (Å²) in [5.74, 6) is 1.04. The van der Waals surface area contributed by atoms with E-state index in [9.17, 15) is 14.7 Å². The third kappa shape index (κ3) is 6.34. The monoisotopic (exact) mass is 513 g/mol. The Hall–Kier alpha value is -3.31. The number of para-hydroxylation sites is 1. The van der Waals surface area contributed by atoms with Crippen LogP contribution >= 0.6 is 11.8 Å². The number of aliphatic hydroxyl groups is 1. The highest BCUT2D eigenvalue weighted by atomic mass is 32.2. The number of carbonyl (C=O) groups is 2. The Morgan fingerprint density at radius 3 is 2.27 bits per heavy atom. The Labute approximate surface area is 224 Å². The molecule has 1 atom stereocenters. The summed E-state index contributed by atoms with van der Waals surface area (Å²) < 4.78 is 0. The normalized spacial score (nSPS) is 15.6. The second-order valence-corrected chi connectivity index (χ2v) is 10.8. The maximum Gasteiger partial charge on any atom is 0.255 e. The van der Waals surface area contributed by atoms with Crippen molar-refractivity contribution in [3.05, 3.63) is 100 Å². The number of carbonyl (C=O) groups excluding carboxylic acids is 2. The first-order valence-electron chi connectivity index (χ1n) is 13.1. The fourth-order valence-corrected chi connectivity index (χ4v) is 6.22. The molecular formula is C32H35NO3S. The van der Waals surface area contributed by atoms with Gasteiger partial charge in [-0.15, -0.1) is 11.8 Å². The number of ketones is 1. The van der Waals surface area contributed by atoms with Crippen LogP contribution in [0.2, 0.25) is 0 Å². The molecule has 0 aliphatic heterocycles. The minimum Gasteiger partial charge on any atom is -0.512 e. The van der Waals surface area contributed by atoms with Gasteiger partial charge < -0.3 is 10.4 Å². The van der Waals surface area contributed by atoms with Gasteiger partial charge in [0.2, 0.25) is 0 Å². The third-order valence-electron chi connectivity index (χ3n) is 6.94. The number of rotatable bonds is 9. The van der Waals surface area contributed by atoms with Crippen LogP contribution in [0.4, 0.5) is 5.69 Å². The van der Waals surface area contributed by atoms with Gasteiger partial charge in [-0.25, -0.2) is 0 Å². The Morgan fingerprint density at radius 1 is 0.973 bits per heavy atom. The van der Waals surface area contributed by atoms with Crippen LogP contribution in [-0.4, -0.2) is 22.5 Å². The highest BCUT2D eigenvalue weighted by Crippen LogP contribution is 2.38. The molecule has 1 amide bonds. The van der Waals surface area contributed by atoms with E-state index in [4.69, 9.17) is 0 Å². The molecule has 3 aromatic rings. The van der Waals surface area contributed by atoms with Gasteiger partial charge in [-0.2, -0.15) is 0 Å². The van der Waals surface area contributed by atoms with Gasteiger partial charge in [0, 0.05) is 23.3 Å². The largest absolute Gasteiger partial charge is 0.512 e. The lowest BCUT2D eigenvalue weighted by molar-refractivity contribution is -0.115. The van der Waals surface area contributed by atoms with Crippen molar-refractivity contribution in [3.63, 3.8) is 0 Å². The van der Waals surface area contributed by atoms with Crippen LogP contribution in [0.5, 0.6) is 0 Å². The highest BCUT2D eigenvalue weighted by Gasteiger charge is 2.30. The van der Waals surface area contributed by atoms with Crippen molar-refractivity contribution in [2.75, 3.05) is 11.1 Å². The van der Waals surface area contributed by atoms with Gasteiger partial charge in [0.1, 0.15) is 5.76 Å². The van der Waals surface area contributed by atoms with Crippen LogP contribution in [0.1, 0.15) is 65.7 Å². The molecule has 192 valence electrons. The van der Waals surface area contributed by atoms with Crippen molar-refractivity contribution in [1.82, 2.24) is 0 Å². The molecule has 0 saturated heterocycles. The summed E-state index contributed by atoms with van der Waals surface area (Å²) in [5, 5.41) is 14.1. The quantitative estimate of drug-likeness (QED) is 0.286. The van der Waals surface area contributed by atoms with Crippen LogP contribution < -0.4 is 5.32 Å². The van der Waals surface area contributed by atoms with E-state index >= 15 is 0 Å². The van der Waals surface area contributed by atoms with Crippen molar-refractivity contribution in [3.8, 4) is 0 Å². The minimum absolute atomic E-state index is 0.0440. The molecule has 2 N–H and O–H groups in total. The van der Waals surface area contributed by atoms with Gasteiger partial charge in [0.05, 0.1) is 11.3 Å². The molecule has 0 radical (unpaired) electrons. The Kier molecular flexibility index (Phi) is 8.88. The lowest BCUT2D eigenvalue weighted by Gasteiger charge is -2.26. The lowest BCUT2D eigenvalue weighted by atomic mass is 9.79. The van der Waals surface area contributed by atoms with E-state index < -0.39 is 0 Å². The van der Waals surface area contributed by atoms with Crippen LogP contribution in [0, 0.1) is 12.8 Å². The minimum atomic E-state index is -0.136. The number of aryl methyl sites for hydroxylation is 3. The van der Waals surface area contributed by atoms with E-state index in [1.54, 1.807) is 23.9 Å². The van der Waals surface area contributed by atoms with E-state index in [2.05, 4.69) is 38.2 Å². The molecule has 3 aromatic carbocycles. The average Bonchev–Trinajstić information content (AvgIpc) is 2.90. The van der Waals surface area contributed by atoms with Crippen LogP contribution in [0.3, 0.4) is 0 Å². The second kappa shape index (κ2) is 12.3. The Balaban J connectivity index is 1.43. The van der Waals surface area contributed by atoms with Crippen molar-refractivity contribution >= 4 is 34.7 Å². The molecule has 1 aliphatic rings. The molecule has 4 rings (SSSR count). The third-order valence-corrected chi connectivity index (χ3v) is 8.04. The number of anilines is 1. The number of Topliss-reactive ketones (excluding diaryl/α,β-unsaturated/α-hetero) is 1. The number of hydrogen-bond donors (Lipinski definition) is 2. The lowest BCUT2D eigenvalue weighted by Crippen LogP contribution is -2.21. The number of allylic oxidation sites excluding steroid dienone is 2. The summed E-state index contributed by atoms with van der Waals surface area (Å²) in [6, 6.07) is 21.2. The van der Waals surface area contributed by atoms with Crippen LogP contribution in [0.15, 0.2) is 77.4 Å². The number of thioether (sulfide) groups is 1. The number of aliphatic hydroxyl groups excluding tert-OH is 1. The van der Waals surface area contributed by atoms with Crippen molar-refractivity contribution in [2.45, 2.75) is 57.8 Å². The van der Waals surface area contributed by atoms with Crippen molar-refractivity contribution in [1.29, 1.82) is 0 Å². The summed E-state index contributed by atoms with van der Waals surface area (Å²) >= 11 is 1.67. The molecule has 0 spiro atoms. The van der Waals surface area contributed by atoms with Gasteiger partial charge in [0.25, 0.3) is 5.91 Å². The summed E-state index contributed by atoms with van der Waals surface area (Å²) in [7, 11) is 0. The number of benzene rings is 3. The summed E-state index contributed by atoms with van der Waals surface area (Å²) in [4.78, 5) is 26.9. The summed E-state index contributed by atoms with van der Waals surface area (Å²) in [6.45, 7) is 6.28. The van der Waals surface area contributed by atoms with Crippen LogP contribution in [0.25, 0.3) is 5.57 Å². The standard InChI is InChI=1S/C32H35NO3S/c1-4-23-17-21(3)18-24(5-2)30(23)31-27(34)19-22(20-28(31)35)15-16-37-29-14-10-9-13-26(29)33-32(36)25-11-7-6-8-12-25/h6-14,17-18,22,34H,4-5,15-16,19-20H2,1-3H3,(H,33,36). The van der Waals surface area contributed by atoms with Crippen molar-refractivity contribution < 1.29 is 14.7 Å². The average molecular weight is 514 g/mol. The number of hydrogen-bond acceptors (Lipinski definition) is 4. The first kappa shape index (κ1) is 26.7. The van der Waals surface area contributed by atoms with E-state index in [0.717, 1.165) is 52.3 Å². The van der Waals surface area contributed by atoms with Gasteiger partial charge in [0.15, 0.2) is 5.78 Å². The van der Waals surface area contributed by atoms with E-state index in [1.165, 1.54) is 5.56 Å². The Morgan fingerprint density at radius 2 is 1.62 bits per heavy atom. The van der Waals surface area contributed by atoms with Gasteiger partial charge >= 0.3 is 0 Å². The highest BCUT2D eigenvalue weighted by molar-refractivity contribution is 7.99. The molecule has 0 aromatic heterocycles. The predicted octanol–water partition coefficient (Wildman–Crippen LogP) is 7.80. The zero-order valence-electron chi connectivity index (χ0n) is 21.8. The summed E-state index contributed by atoms with van der Waals surface area (Å²) in [6.07, 6.45) is 3.44. The predicted molar refractivity (Wildman–Crippen MR) is 153 cm³/mol. The number of nitrogens with one attached hydrogen (secondary N) is 1. The molecular weight excluding hydrogens is 478 g/mol. The fourth-order valence-electron chi connectivity index (χ4n) is 5.10. The van der Waals surface area contributed by atoms with E-state index in [-0.39, 0.29) is 23.4 Å². The Bertz CT molecular complexity index is 1290. The molecule has 4 nitrogen and oxygen atoms in total. The first-order chi connectivity index (χ1) is 17.9. The zero-order chi connectivity index (χ0) is 26.4. The zero-order valence-corrected chi connectivity index (χ0v) is 22.7. The van der Waals surface area contributed by atoms with Crippen molar-refractivity contribution in [2.24, 2.45) is 5.92 Å². The fraction of sp³-hybridized carbons (Fsp3) is 0.312. The van der Waals surface area contributed by atoms with Gasteiger partial charge in [-0.1, -0.05) is 61.9 Å². The molecule has 0 bridgehead atoms. The summed E-state index contributed by atoms with van der Waals surface area (Å²) in [5.41, 5.74) is 6.35.